The van der Waals surface area contributed by atoms with Gasteiger partial charge in [-0.15, -0.1) is 0 Å². The Balaban J connectivity index is 2.29. The van der Waals surface area contributed by atoms with Crippen LogP contribution in [0, 0.1) is 0 Å². The van der Waals surface area contributed by atoms with E-state index in [0.29, 0.717) is 0 Å². The molecule has 0 N–H and O–H groups in total. The lowest BCUT2D eigenvalue weighted by Gasteiger charge is -2.25. The molecule has 0 fully saturated rings. The fourth-order valence-electron chi connectivity index (χ4n) is 2.78. The fourth-order valence-corrected chi connectivity index (χ4v) is 9.88. The summed E-state index contributed by atoms with van der Waals surface area (Å²) >= 11 is 2.09. The van der Waals surface area contributed by atoms with Crippen molar-refractivity contribution in [1.82, 2.24) is 0 Å². The first-order valence-corrected chi connectivity index (χ1v) is 11.0. The van der Waals surface area contributed by atoms with Gasteiger partial charge in [-0.05, 0) is 36.4 Å². The minimum atomic E-state index is -1.64. The van der Waals surface area contributed by atoms with Gasteiger partial charge < -0.3 is 0 Å². The molecule has 0 nitrogen and oxygen atoms in total. The second-order valence-electron chi connectivity index (χ2n) is 5.03. The zero-order valence-electron chi connectivity index (χ0n) is 12.7. The summed E-state index contributed by atoms with van der Waals surface area (Å²) in [5.41, 5.74) is 0. The van der Waals surface area contributed by atoms with Crippen LogP contribution in [0.5, 0.6) is 0 Å². The summed E-state index contributed by atoms with van der Waals surface area (Å²) in [6.07, 6.45) is 0. The average molecular weight is 323 g/mol. The van der Waals surface area contributed by atoms with E-state index in [0.717, 1.165) is 5.75 Å². The zero-order valence-corrected chi connectivity index (χ0v) is 14.4. The van der Waals surface area contributed by atoms with Crippen molar-refractivity contribution in [3.63, 3.8) is 0 Å². The van der Waals surface area contributed by atoms with Gasteiger partial charge in [0.15, 0.2) is 6.46 Å². The van der Waals surface area contributed by atoms with Crippen LogP contribution in [0.3, 0.4) is 0 Å². The molecular formula is C20H20PS+. The maximum Gasteiger partial charge on any atom is 0.170 e. The Morgan fingerprint density at radius 1 is 0.591 bits per heavy atom. The molecule has 3 aromatic carbocycles. The van der Waals surface area contributed by atoms with Crippen molar-refractivity contribution >= 4 is 33.8 Å². The Labute approximate surface area is 137 Å². The molecule has 0 heterocycles. The van der Waals surface area contributed by atoms with Crippen molar-refractivity contribution in [2.45, 2.75) is 6.92 Å². The lowest BCUT2D eigenvalue weighted by atomic mass is 10.4. The van der Waals surface area contributed by atoms with Gasteiger partial charge in [-0.2, -0.15) is 0 Å². The molecular weight excluding hydrogens is 303 g/mol. The molecule has 2 heteroatoms. The molecule has 0 aromatic heterocycles. The van der Waals surface area contributed by atoms with E-state index in [1.807, 2.05) is 0 Å². The van der Waals surface area contributed by atoms with E-state index in [1.165, 1.54) is 15.9 Å². The van der Waals surface area contributed by atoms with Crippen LogP contribution in [-0.4, -0.2) is 5.75 Å². The summed E-state index contributed by atoms with van der Waals surface area (Å²) in [5, 5.41) is 4.33. The van der Waals surface area contributed by atoms with Crippen LogP contribution in [0.1, 0.15) is 6.92 Å². The summed E-state index contributed by atoms with van der Waals surface area (Å²) in [6.45, 7) is 0.622. The second kappa shape index (κ2) is 7.13. The van der Waals surface area contributed by atoms with E-state index < -0.39 is 6.46 Å². The topological polar surface area (TPSA) is 0 Å². The Kier molecular flexibility index (Phi) is 4.97. The lowest BCUT2D eigenvalue weighted by molar-refractivity contribution is 1.54. The van der Waals surface area contributed by atoms with Gasteiger partial charge in [-0.1, -0.05) is 61.5 Å². The molecule has 0 saturated carbocycles. The van der Waals surface area contributed by atoms with Gasteiger partial charge in [-0.25, -0.2) is 0 Å². The first-order chi connectivity index (χ1) is 10.9. The molecule has 0 bridgehead atoms. The highest BCUT2D eigenvalue weighted by atomic mass is 32.7. The smallest absolute Gasteiger partial charge is 0.0620 e. The molecule has 0 saturated heterocycles. The molecule has 3 rings (SSSR count). The first-order valence-electron chi connectivity index (χ1n) is 7.58. The van der Waals surface area contributed by atoms with Gasteiger partial charge in [0.2, 0.25) is 0 Å². The molecule has 0 aliphatic heterocycles. The van der Waals surface area contributed by atoms with Crippen LogP contribution in [-0.2, 0) is 0 Å². The van der Waals surface area contributed by atoms with Crippen LogP contribution < -0.4 is 15.9 Å². The maximum atomic E-state index is 2.29. The quantitative estimate of drug-likeness (QED) is 0.616. The summed E-state index contributed by atoms with van der Waals surface area (Å²) in [4.78, 5) is 0. The molecule has 0 unspecified atom stereocenters. The van der Waals surface area contributed by atoms with Gasteiger partial charge in [0.05, 0.1) is 0 Å². The third kappa shape index (κ3) is 2.84. The van der Waals surface area contributed by atoms with Crippen LogP contribution in [0.4, 0.5) is 0 Å². The fraction of sp³-hybridized carbons (Fsp3) is 0.100. The van der Waals surface area contributed by atoms with Crippen molar-refractivity contribution < 1.29 is 0 Å². The maximum absolute atomic E-state index is 2.29. The molecule has 0 amide bonds. The lowest BCUT2D eigenvalue weighted by Crippen LogP contribution is -2.28. The SMILES string of the molecule is CCS[P+](c1ccccc1)(c1ccccc1)c1ccccc1. The highest BCUT2D eigenvalue weighted by molar-refractivity contribution is 8.69. The monoisotopic (exact) mass is 323 g/mol. The van der Waals surface area contributed by atoms with Crippen molar-refractivity contribution in [1.29, 1.82) is 0 Å². The van der Waals surface area contributed by atoms with Gasteiger partial charge in [-0.3, -0.25) is 0 Å². The Bertz CT molecular complexity index is 599. The summed E-state index contributed by atoms with van der Waals surface area (Å²) in [7, 11) is 0. The molecule has 0 aliphatic carbocycles. The summed E-state index contributed by atoms with van der Waals surface area (Å²) in [6, 6.07) is 33.0. The Morgan fingerprint density at radius 2 is 0.909 bits per heavy atom. The normalized spacial score (nSPS) is 11.3. The van der Waals surface area contributed by atoms with E-state index in [4.69, 9.17) is 0 Å². The predicted octanol–water partition coefficient (Wildman–Crippen LogP) is 4.65. The number of rotatable bonds is 5. The van der Waals surface area contributed by atoms with Gasteiger partial charge >= 0.3 is 0 Å². The number of hydrogen-bond donors (Lipinski definition) is 0. The molecule has 0 aliphatic rings. The first kappa shape index (κ1) is 15.3. The van der Waals surface area contributed by atoms with E-state index in [9.17, 15) is 0 Å². The largest absolute Gasteiger partial charge is 0.170 e. The Morgan fingerprint density at radius 3 is 1.18 bits per heavy atom. The van der Waals surface area contributed by atoms with Crippen molar-refractivity contribution in [2.75, 3.05) is 5.75 Å². The molecule has 0 radical (unpaired) electrons. The van der Waals surface area contributed by atoms with Crippen molar-refractivity contribution in [3.8, 4) is 0 Å². The minimum absolute atomic E-state index is 1.10. The van der Waals surface area contributed by atoms with Gasteiger partial charge in [0.1, 0.15) is 15.9 Å². The highest BCUT2D eigenvalue weighted by Gasteiger charge is 2.46. The van der Waals surface area contributed by atoms with E-state index in [-0.39, 0.29) is 0 Å². The molecule has 0 spiro atoms. The molecule has 110 valence electrons. The minimum Gasteiger partial charge on any atom is -0.0620 e. The average Bonchev–Trinajstić information content (AvgIpc) is 2.62. The third-order valence-electron chi connectivity index (χ3n) is 3.68. The third-order valence-corrected chi connectivity index (χ3v) is 11.2. The van der Waals surface area contributed by atoms with Gasteiger partial charge in [0.25, 0.3) is 0 Å². The van der Waals surface area contributed by atoms with Crippen LogP contribution in [0.2, 0.25) is 0 Å². The van der Waals surface area contributed by atoms with E-state index in [1.54, 1.807) is 0 Å². The van der Waals surface area contributed by atoms with E-state index >= 15 is 0 Å². The van der Waals surface area contributed by atoms with Crippen LogP contribution in [0.25, 0.3) is 0 Å². The Hall–Kier alpha value is -1.56. The summed E-state index contributed by atoms with van der Waals surface area (Å²) in [5.74, 6) is 1.10. The van der Waals surface area contributed by atoms with Crippen molar-refractivity contribution in [3.05, 3.63) is 91.0 Å². The predicted molar refractivity (Wildman–Crippen MR) is 103 cm³/mol. The highest BCUT2D eigenvalue weighted by Crippen LogP contribution is 2.66. The number of hydrogen-bond acceptors (Lipinski definition) is 1. The molecule has 0 atom stereocenters. The second-order valence-corrected chi connectivity index (χ2v) is 11.1. The zero-order chi connectivity index (χ0) is 15.3. The van der Waals surface area contributed by atoms with Crippen molar-refractivity contribution in [2.24, 2.45) is 0 Å². The molecule has 3 aromatic rings. The summed E-state index contributed by atoms with van der Waals surface area (Å²) < 4.78 is 0. The van der Waals surface area contributed by atoms with Crippen LogP contribution in [0.15, 0.2) is 91.0 Å². The number of benzene rings is 3. The standard InChI is InChI=1S/C20H20PS/c1-2-22-21(18-12-6-3-7-13-18,19-14-8-4-9-15-19)20-16-10-5-11-17-20/h3-17H,2H2,1H3/q+1. The van der Waals surface area contributed by atoms with Gasteiger partial charge in [0, 0.05) is 17.1 Å². The van der Waals surface area contributed by atoms with Crippen LogP contribution >= 0.6 is 17.8 Å². The van der Waals surface area contributed by atoms with E-state index in [2.05, 4.69) is 109 Å². The molecule has 22 heavy (non-hydrogen) atoms.